The van der Waals surface area contributed by atoms with Gasteiger partial charge >= 0.3 is 0 Å². The molecule has 1 aliphatic heterocycles. The van der Waals surface area contributed by atoms with Crippen molar-refractivity contribution >= 4 is 17.0 Å². The van der Waals surface area contributed by atoms with Gasteiger partial charge in [-0.25, -0.2) is 15.0 Å². The average molecular weight is 247 g/mol. The highest BCUT2D eigenvalue weighted by Crippen LogP contribution is 2.13. The van der Waals surface area contributed by atoms with Crippen LogP contribution in [0.5, 0.6) is 0 Å². The molecule has 3 N–H and O–H groups in total. The van der Waals surface area contributed by atoms with Crippen LogP contribution < -0.4 is 10.6 Å². The van der Waals surface area contributed by atoms with Crippen LogP contribution in [0.2, 0.25) is 0 Å². The molecule has 18 heavy (non-hydrogen) atoms. The standard InChI is InChI=1S/C12H18N6/c13-11-10-12(15-8-14-11)18(9-16-10)7-6-17-4-2-1-3-5-17/h8-9H,1-7H2,(H2,13,14,15)/p+1. The first-order chi connectivity index (χ1) is 8.84. The van der Waals surface area contributed by atoms with Crippen LogP contribution in [0.4, 0.5) is 5.82 Å². The molecule has 0 aliphatic carbocycles. The molecular weight excluding hydrogens is 228 g/mol. The van der Waals surface area contributed by atoms with Crippen molar-refractivity contribution in [2.45, 2.75) is 25.8 Å². The van der Waals surface area contributed by atoms with Gasteiger partial charge in [0.15, 0.2) is 11.5 Å². The van der Waals surface area contributed by atoms with Gasteiger partial charge in [0, 0.05) is 0 Å². The van der Waals surface area contributed by atoms with Crippen molar-refractivity contribution in [3.05, 3.63) is 12.7 Å². The molecule has 0 aromatic carbocycles. The van der Waals surface area contributed by atoms with Gasteiger partial charge in [0.05, 0.1) is 32.5 Å². The second-order valence-electron chi connectivity index (χ2n) is 4.93. The monoisotopic (exact) mass is 247 g/mol. The molecule has 0 unspecified atom stereocenters. The van der Waals surface area contributed by atoms with Crippen LogP contribution in [-0.2, 0) is 6.54 Å². The fraction of sp³-hybridized carbons (Fsp3) is 0.583. The van der Waals surface area contributed by atoms with Crippen molar-refractivity contribution in [1.29, 1.82) is 0 Å². The van der Waals surface area contributed by atoms with Gasteiger partial charge in [-0.2, -0.15) is 0 Å². The Morgan fingerprint density at radius 3 is 2.83 bits per heavy atom. The molecule has 0 amide bonds. The summed E-state index contributed by atoms with van der Waals surface area (Å²) in [5.41, 5.74) is 7.34. The minimum absolute atomic E-state index is 0.462. The zero-order chi connectivity index (χ0) is 12.4. The Balaban J connectivity index is 1.72. The molecule has 1 saturated heterocycles. The molecule has 0 spiro atoms. The fourth-order valence-electron chi connectivity index (χ4n) is 2.64. The van der Waals surface area contributed by atoms with Gasteiger partial charge < -0.3 is 15.2 Å². The summed E-state index contributed by atoms with van der Waals surface area (Å²) in [5.74, 6) is 0.462. The highest BCUT2D eigenvalue weighted by Gasteiger charge is 2.14. The van der Waals surface area contributed by atoms with Crippen LogP contribution in [0.15, 0.2) is 12.7 Å². The van der Waals surface area contributed by atoms with Crippen molar-refractivity contribution < 1.29 is 4.90 Å². The molecule has 0 bridgehead atoms. The molecule has 6 nitrogen and oxygen atoms in total. The number of likely N-dealkylation sites (tertiary alicyclic amines) is 1. The Morgan fingerprint density at radius 2 is 2.00 bits per heavy atom. The maximum Gasteiger partial charge on any atom is 0.165 e. The summed E-state index contributed by atoms with van der Waals surface area (Å²) in [7, 11) is 0. The largest absolute Gasteiger partial charge is 0.382 e. The van der Waals surface area contributed by atoms with Gasteiger partial charge in [0.25, 0.3) is 0 Å². The Bertz CT molecular complexity index is 528. The highest BCUT2D eigenvalue weighted by molar-refractivity contribution is 5.80. The number of rotatable bonds is 3. The molecule has 2 aromatic heterocycles. The lowest BCUT2D eigenvalue weighted by atomic mass is 10.1. The van der Waals surface area contributed by atoms with Crippen LogP contribution in [0, 0.1) is 0 Å². The maximum atomic E-state index is 5.78. The van der Waals surface area contributed by atoms with Crippen LogP contribution >= 0.6 is 0 Å². The minimum atomic E-state index is 0.462. The van der Waals surface area contributed by atoms with Gasteiger partial charge in [-0.3, -0.25) is 0 Å². The fourth-order valence-corrected chi connectivity index (χ4v) is 2.64. The summed E-state index contributed by atoms with van der Waals surface area (Å²) >= 11 is 0. The third kappa shape index (κ3) is 2.15. The summed E-state index contributed by atoms with van der Waals surface area (Å²) in [6, 6.07) is 0. The van der Waals surface area contributed by atoms with E-state index in [4.69, 9.17) is 5.73 Å². The second kappa shape index (κ2) is 4.89. The molecule has 3 heterocycles. The number of nitrogens with zero attached hydrogens (tertiary/aromatic N) is 4. The predicted octanol–water partition coefficient (Wildman–Crippen LogP) is -0.523. The van der Waals surface area contributed by atoms with Crippen molar-refractivity contribution in [2.24, 2.45) is 0 Å². The van der Waals surface area contributed by atoms with Crippen molar-refractivity contribution in [3.8, 4) is 0 Å². The van der Waals surface area contributed by atoms with Gasteiger partial charge in [-0.05, 0) is 19.3 Å². The number of hydrogen-bond donors (Lipinski definition) is 2. The topological polar surface area (TPSA) is 74.1 Å². The van der Waals surface area contributed by atoms with E-state index in [0.717, 1.165) is 18.7 Å². The summed E-state index contributed by atoms with van der Waals surface area (Å²) < 4.78 is 2.08. The number of fused-ring (bicyclic) bond motifs is 1. The zero-order valence-electron chi connectivity index (χ0n) is 10.5. The third-order valence-corrected chi connectivity index (χ3v) is 3.70. The van der Waals surface area contributed by atoms with Crippen LogP contribution in [-0.4, -0.2) is 39.2 Å². The van der Waals surface area contributed by atoms with Gasteiger partial charge in [0.2, 0.25) is 0 Å². The molecular formula is C12H19N6+. The van der Waals surface area contributed by atoms with Crippen LogP contribution in [0.1, 0.15) is 19.3 Å². The number of nitrogens with two attached hydrogens (primary N) is 1. The summed E-state index contributed by atoms with van der Waals surface area (Å²) in [4.78, 5) is 14.2. The lowest BCUT2D eigenvalue weighted by molar-refractivity contribution is -0.905. The van der Waals surface area contributed by atoms with E-state index in [0.29, 0.717) is 11.3 Å². The number of anilines is 1. The minimum Gasteiger partial charge on any atom is -0.382 e. The molecule has 2 aromatic rings. The van der Waals surface area contributed by atoms with Gasteiger partial charge in [-0.15, -0.1) is 0 Å². The predicted molar refractivity (Wildman–Crippen MR) is 69.2 cm³/mol. The highest BCUT2D eigenvalue weighted by atomic mass is 15.2. The Hall–Kier alpha value is -1.69. The molecule has 1 aliphatic rings. The Morgan fingerprint density at radius 1 is 1.17 bits per heavy atom. The number of hydrogen-bond acceptors (Lipinski definition) is 4. The van der Waals surface area contributed by atoms with E-state index in [1.165, 1.54) is 38.7 Å². The molecule has 0 radical (unpaired) electrons. The summed E-state index contributed by atoms with van der Waals surface area (Å²) in [5, 5.41) is 0. The number of quaternary nitrogens is 1. The molecule has 1 fully saturated rings. The molecule has 96 valence electrons. The number of aromatic nitrogens is 4. The average Bonchev–Trinajstić information content (AvgIpc) is 2.82. The van der Waals surface area contributed by atoms with E-state index >= 15 is 0 Å². The lowest BCUT2D eigenvalue weighted by Gasteiger charge is -2.23. The summed E-state index contributed by atoms with van der Waals surface area (Å²) in [6.45, 7) is 4.67. The first-order valence-corrected chi connectivity index (χ1v) is 6.59. The number of imidazole rings is 1. The molecule has 0 atom stereocenters. The maximum absolute atomic E-state index is 5.78. The quantitative estimate of drug-likeness (QED) is 0.765. The molecule has 0 saturated carbocycles. The lowest BCUT2D eigenvalue weighted by Crippen LogP contribution is -3.13. The van der Waals surface area contributed by atoms with E-state index in [2.05, 4.69) is 19.5 Å². The molecule has 3 rings (SSSR count). The van der Waals surface area contributed by atoms with Crippen LogP contribution in [0.3, 0.4) is 0 Å². The van der Waals surface area contributed by atoms with Crippen molar-refractivity contribution in [1.82, 2.24) is 19.5 Å². The summed E-state index contributed by atoms with van der Waals surface area (Å²) in [6.07, 6.45) is 7.42. The normalized spacial score (nSPS) is 17.3. The smallest absolute Gasteiger partial charge is 0.165 e. The van der Waals surface area contributed by atoms with Gasteiger partial charge in [-0.1, -0.05) is 0 Å². The van der Waals surface area contributed by atoms with E-state index in [9.17, 15) is 0 Å². The van der Waals surface area contributed by atoms with Crippen molar-refractivity contribution in [3.63, 3.8) is 0 Å². The number of nitrogens with one attached hydrogen (secondary N) is 1. The van der Waals surface area contributed by atoms with Crippen molar-refractivity contribution in [2.75, 3.05) is 25.4 Å². The Kier molecular flexibility index (Phi) is 3.10. The first-order valence-electron chi connectivity index (χ1n) is 6.59. The number of nitrogen functional groups attached to an aromatic ring is 1. The van der Waals surface area contributed by atoms with E-state index in [1.807, 2.05) is 6.33 Å². The van der Waals surface area contributed by atoms with Gasteiger partial charge in [0.1, 0.15) is 11.8 Å². The SMILES string of the molecule is Nc1ncnc2c1ncn2CC[NH+]1CCCCC1. The van der Waals surface area contributed by atoms with Crippen LogP contribution in [0.25, 0.3) is 11.2 Å². The first kappa shape index (κ1) is 11.4. The molecule has 6 heteroatoms. The third-order valence-electron chi connectivity index (χ3n) is 3.70. The number of piperidine rings is 1. The zero-order valence-corrected chi connectivity index (χ0v) is 10.5. The Labute approximate surface area is 106 Å². The van der Waals surface area contributed by atoms with E-state index in [1.54, 1.807) is 4.90 Å². The van der Waals surface area contributed by atoms with E-state index < -0.39 is 0 Å². The van der Waals surface area contributed by atoms with E-state index in [-0.39, 0.29) is 0 Å². The second-order valence-corrected chi connectivity index (χ2v) is 4.93.